The third-order valence-corrected chi connectivity index (χ3v) is 4.59. The number of carbonyl (C=O) groups is 1. The van der Waals surface area contributed by atoms with E-state index in [1.807, 2.05) is 31.3 Å². The van der Waals surface area contributed by atoms with Gasteiger partial charge in [-0.15, -0.1) is 12.4 Å². The highest BCUT2D eigenvalue weighted by molar-refractivity contribution is 6.31. The van der Waals surface area contributed by atoms with Gasteiger partial charge in [0.15, 0.2) is 0 Å². The fraction of sp³-hybridized carbons (Fsp3) is 0.438. The van der Waals surface area contributed by atoms with Crippen LogP contribution >= 0.6 is 24.0 Å². The molecule has 2 aromatic rings. The molecule has 1 aromatic heterocycles. The molecule has 120 valence electrons. The quantitative estimate of drug-likeness (QED) is 0.783. The fourth-order valence-corrected chi connectivity index (χ4v) is 2.89. The van der Waals surface area contributed by atoms with Gasteiger partial charge < -0.3 is 15.6 Å². The number of rotatable bonds is 5. The van der Waals surface area contributed by atoms with Crippen LogP contribution in [0.5, 0.6) is 0 Å². The Labute approximate surface area is 141 Å². The number of halogens is 2. The van der Waals surface area contributed by atoms with E-state index in [9.17, 15) is 4.79 Å². The lowest BCUT2D eigenvalue weighted by molar-refractivity contribution is -0.126. The van der Waals surface area contributed by atoms with E-state index in [2.05, 4.69) is 15.6 Å². The Morgan fingerprint density at radius 2 is 2.23 bits per heavy atom. The van der Waals surface area contributed by atoms with Crippen molar-refractivity contribution in [2.75, 3.05) is 19.6 Å². The molecule has 1 atom stereocenters. The highest BCUT2D eigenvalue weighted by Crippen LogP contribution is 2.22. The Kier molecular flexibility index (Phi) is 5.73. The summed E-state index contributed by atoms with van der Waals surface area (Å²) in [5, 5.41) is 8.11. The lowest BCUT2D eigenvalue weighted by atomic mass is 9.88. The van der Waals surface area contributed by atoms with Crippen LogP contribution in [0.25, 0.3) is 10.9 Å². The van der Waals surface area contributed by atoms with Gasteiger partial charge in [0.2, 0.25) is 5.91 Å². The molecule has 0 spiro atoms. The van der Waals surface area contributed by atoms with Crippen molar-refractivity contribution in [3.63, 3.8) is 0 Å². The van der Waals surface area contributed by atoms with Crippen LogP contribution in [-0.4, -0.2) is 30.5 Å². The number of fused-ring (bicyclic) bond motifs is 1. The second-order valence-electron chi connectivity index (χ2n) is 5.75. The monoisotopic (exact) mass is 341 g/mol. The maximum atomic E-state index is 12.1. The summed E-state index contributed by atoms with van der Waals surface area (Å²) in [7, 11) is 0. The van der Waals surface area contributed by atoms with Crippen molar-refractivity contribution < 1.29 is 4.79 Å². The first-order valence-electron chi connectivity index (χ1n) is 7.39. The molecule has 0 aliphatic carbocycles. The third kappa shape index (κ3) is 3.57. The summed E-state index contributed by atoms with van der Waals surface area (Å²) in [4.78, 5) is 15.3. The molecule has 3 N–H and O–H groups in total. The average Bonchev–Trinajstić information content (AvgIpc) is 2.79. The van der Waals surface area contributed by atoms with Gasteiger partial charge in [0.05, 0.1) is 0 Å². The predicted octanol–water partition coefficient (Wildman–Crippen LogP) is 2.76. The van der Waals surface area contributed by atoms with E-state index >= 15 is 0 Å². The zero-order chi connectivity index (χ0) is 14.8. The zero-order valence-corrected chi connectivity index (χ0v) is 14.1. The van der Waals surface area contributed by atoms with E-state index in [1.165, 1.54) is 5.56 Å². The standard InChI is InChI=1S/C16H20ClN3O.ClH/c1-10(12-7-18-8-12)16(21)19-5-4-11-9-20-15-3-2-13(17)6-14(11)15;/h2-3,6,9-10,12,18,20H,4-5,7-8H2,1H3,(H,19,21);1H. The third-order valence-electron chi connectivity index (χ3n) is 4.36. The van der Waals surface area contributed by atoms with Crippen molar-refractivity contribution in [3.05, 3.63) is 35.0 Å². The van der Waals surface area contributed by atoms with Crippen molar-refractivity contribution in [3.8, 4) is 0 Å². The van der Waals surface area contributed by atoms with Crippen LogP contribution in [0.1, 0.15) is 12.5 Å². The fourth-order valence-electron chi connectivity index (χ4n) is 2.72. The van der Waals surface area contributed by atoms with Gasteiger partial charge in [0.25, 0.3) is 0 Å². The van der Waals surface area contributed by atoms with Crippen molar-refractivity contribution in [1.82, 2.24) is 15.6 Å². The summed E-state index contributed by atoms with van der Waals surface area (Å²) >= 11 is 6.04. The molecule has 0 radical (unpaired) electrons. The number of hydrogen-bond acceptors (Lipinski definition) is 2. The van der Waals surface area contributed by atoms with Crippen LogP contribution in [0.15, 0.2) is 24.4 Å². The molecule has 22 heavy (non-hydrogen) atoms. The maximum absolute atomic E-state index is 12.1. The smallest absolute Gasteiger partial charge is 0.223 e. The molecule has 1 saturated heterocycles. The minimum Gasteiger partial charge on any atom is -0.361 e. The number of aromatic nitrogens is 1. The molecule has 1 amide bonds. The molecule has 4 nitrogen and oxygen atoms in total. The van der Waals surface area contributed by atoms with Crippen LogP contribution in [0.3, 0.4) is 0 Å². The van der Waals surface area contributed by atoms with E-state index in [1.54, 1.807) is 0 Å². The highest BCUT2D eigenvalue weighted by atomic mass is 35.5. The predicted molar refractivity (Wildman–Crippen MR) is 92.8 cm³/mol. The normalized spacial score (nSPS) is 15.9. The van der Waals surface area contributed by atoms with E-state index in [-0.39, 0.29) is 24.2 Å². The van der Waals surface area contributed by atoms with Gasteiger partial charge in [0.1, 0.15) is 0 Å². The van der Waals surface area contributed by atoms with Gasteiger partial charge in [-0.25, -0.2) is 0 Å². The van der Waals surface area contributed by atoms with Crippen molar-refractivity contribution in [2.45, 2.75) is 13.3 Å². The van der Waals surface area contributed by atoms with Crippen LogP contribution in [0.2, 0.25) is 5.02 Å². The second-order valence-corrected chi connectivity index (χ2v) is 6.19. The van der Waals surface area contributed by atoms with Crippen molar-refractivity contribution >= 4 is 40.8 Å². The lowest BCUT2D eigenvalue weighted by Gasteiger charge is -2.31. The van der Waals surface area contributed by atoms with E-state index in [0.29, 0.717) is 12.5 Å². The largest absolute Gasteiger partial charge is 0.361 e. The van der Waals surface area contributed by atoms with Gasteiger partial charge in [-0.05, 0) is 49.2 Å². The molecule has 0 saturated carbocycles. The Hall–Kier alpha value is -1.23. The van der Waals surface area contributed by atoms with Crippen LogP contribution in [0.4, 0.5) is 0 Å². The molecule has 1 unspecified atom stereocenters. The number of benzene rings is 1. The minimum absolute atomic E-state index is 0. The number of aromatic amines is 1. The summed E-state index contributed by atoms with van der Waals surface area (Å²) in [5.74, 6) is 0.722. The molecule has 0 bridgehead atoms. The molecule has 6 heteroatoms. The summed E-state index contributed by atoms with van der Waals surface area (Å²) < 4.78 is 0. The molecule has 1 aliphatic heterocycles. The van der Waals surface area contributed by atoms with Gasteiger partial charge >= 0.3 is 0 Å². The topological polar surface area (TPSA) is 56.9 Å². The van der Waals surface area contributed by atoms with E-state index < -0.39 is 0 Å². The van der Waals surface area contributed by atoms with Gasteiger partial charge in [-0.3, -0.25) is 4.79 Å². The van der Waals surface area contributed by atoms with Crippen LogP contribution < -0.4 is 10.6 Å². The molecule has 1 aliphatic rings. The Balaban J connectivity index is 0.00000176. The van der Waals surface area contributed by atoms with Crippen molar-refractivity contribution in [2.24, 2.45) is 11.8 Å². The lowest BCUT2D eigenvalue weighted by Crippen LogP contribution is -2.49. The first-order chi connectivity index (χ1) is 10.1. The zero-order valence-electron chi connectivity index (χ0n) is 12.5. The van der Waals surface area contributed by atoms with E-state index in [0.717, 1.165) is 35.4 Å². The summed E-state index contributed by atoms with van der Waals surface area (Å²) in [5.41, 5.74) is 2.26. The number of H-pyrrole nitrogens is 1. The molecule has 1 aromatic carbocycles. The Morgan fingerprint density at radius 1 is 1.45 bits per heavy atom. The first-order valence-corrected chi connectivity index (χ1v) is 7.77. The molecular weight excluding hydrogens is 321 g/mol. The molecule has 3 rings (SSSR count). The Morgan fingerprint density at radius 3 is 2.91 bits per heavy atom. The Bertz CT molecular complexity index is 652. The number of hydrogen-bond donors (Lipinski definition) is 3. The van der Waals surface area contributed by atoms with Crippen LogP contribution in [-0.2, 0) is 11.2 Å². The molecule has 1 fully saturated rings. The summed E-state index contributed by atoms with van der Waals surface area (Å²) in [6, 6.07) is 5.82. The van der Waals surface area contributed by atoms with Gasteiger partial charge in [-0.1, -0.05) is 18.5 Å². The van der Waals surface area contributed by atoms with E-state index in [4.69, 9.17) is 11.6 Å². The maximum Gasteiger partial charge on any atom is 0.223 e. The van der Waals surface area contributed by atoms with Crippen LogP contribution in [0, 0.1) is 11.8 Å². The highest BCUT2D eigenvalue weighted by Gasteiger charge is 2.28. The minimum atomic E-state index is 0. The number of nitrogens with one attached hydrogen (secondary N) is 3. The SMILES string of the molecule is CC(C(=O)NCCc1c[nH]c2ccc(Cl)cc12)C1CNC1.Cl. The summed E-state index contributed by atoms with van der Waals surface area (Å²) in [6.07, 6.45) is 2.80. The number of amides is 1. The number of carbonyl (C=O) groups excluding carboxylic acids is 1. The molecule has 2 heterocycles. The van der Waals surface area contributed by atoms with Gasteiger partial charge in [0, 0.05) is 34.6 Å². The summed E-state index contributed by atoms with van der Waals surface area (Å²) in [6.45, 7) is 4.57. The average molecular weight is 342 g/mol. The van der Waals surface area contributed by atoms with Gasteiger partial charge in [-0.2, -0.15) is 0 Å². The first kappa shape index (κ1) is 17.1. The second kappa shape index (κ2) is 7.36. The van der Waals surface area contributed by atoms with Crippen molar-refractivity contribution in [1.29, 1.82) is 0 Å². The molecular formula is C16H21Cl2N3O.